The zero-order valence-electron chi connectivity index (χ0n) is 6.07. The normalized spacial score (nSPS) is 9.92. The van der Waals surface area contributed by atoms with Crippen LogP contribution in [0.25, 0.3) is 11.0 Å². The smallest absolute Gasteiger partial charge is 0.190 e. The molecular formula is C8H5N3O. The molecule has 58 valence electrons. The maximum absolute atomic E-state index is 9.04. The van der Waals surface area contributed by atoms with Crippen molar-refractivity contribution in [1.29, 1.82) is 5.26 Å². The largest absolute Gasteiger partial charge is 0.495 e. The zero-order valence-corrected chi connectivity index (χ0v) is 6.07. The minimum absolute atomic E-state index is 0.0626. The molecule has 2 N–H and O–H groups in total. The van der Waals surface area contributed by atoms with Crippen LogP contribution in [0.15, 0.2) is 18.2 Å². The van der Waals surface area contributed by atoms with E-state index in [-0.39, 0.29) is 5.88 Å². The Kier molecular flexibility index (Phi) is 1.25. The van der Waals surface area contributed by atoms with Crippen molar-refractivity contribution in [2.75, 3.05) is 0 Å². The molecule has 0 amide bonds. The molecule has 0 unspecified atom stereocenters. The highest BCUT2D eigenvalue weighted by Gasteiger charge is 2.00. The standard InChI is InChI=1S/C8H5N3O/c9-4-5-1-2-6-7(10-5)3-8(12)11-6/h1-3,11-12H. The first-order valence-electron chi connectivity index (χ1n) is 3.38. The fourth-order valence-electron chi connectivity index (χ4n) is 1.06. The van der Waals surface area contributed by atoms with E-state index in [0.29, 0.717) is 11.2 Å². The summed E-state index contributed by atoms with van der Waals surface area (Å²) in [6, 6.07) is 6.71. The molecule has 0 atom stereocenters. The molecule has 0 aliphatic heterocycles. The molecule has 2 aromatic heterocycles. The van der Waals surface area contributed by atoms with Gasteiger partial charge < -0.3 is 10.1 Å². The van der Waals surface area contributed by atoms with Crippen LogP contribution < -0.4 is 0 Å². The number of rotatable bonds is 0. The lowest BCUT2D eigenvalue weighted by atomic mass is 10.3. The van der Waals surface area contributed by atoms with E-state index in [1.54, 1.807) is 12.1 Å². The predicted molar refractivity (Wildman–Crippen MR) is 42.5 cm³/mol. The van der Waals surface area contributed by atoms with Crippen molar-refractivity contribution in [3.63, 3.8) is 0 Å². The van der Waals surface area contributed by atoms with Crippen molar-refractivity contribution in [3.05, 3.63) is 23.9 Å². The third-order valence-electron chi connectivity index (χ3n) is 1.58. The van der Waals surface area contributed by atoms with Crippen LogP contribution in [0, 0.1) is 11.3 Å². The van der Waals surface area contributed by atoms with Gasteiger partial charge in [-0.3, -0.25) is 0 Å². The Hall–Kier alpha value is -2.02. The van der Waals surface area contributed by atoms with E-state index in [0.717, 1.165) is 5.52 Å². The molecule has 2 aromatic rings. The second-order valence-electron chi connectivity index (χ2n) is 2.40. The lowest BCUT2D eigenvalue weighted by molar-refractivity contribution is 0.458. The molecule has 2 heterocycles. The maximum Gasteiger partial charge on any atom is 0.190 e. The number of aromatic amines is 1. The Morgan fingerprint density at radius 1 is 1.50 bits per heavy atom. The van der Waals surface area contributed by atoms with E-state index < -0.39 is 0 Å². The number of pyridine rings is 1. The van der Waals surface area contributed by atoms with Gasteiger partial charge >= 0.3 is 0 Å². The van der Waals surface area contributed by atoms with Crippen LogP contribution in [-0.4, -0.2) is 15.1 Å². The van der Waals surface area contributed by atoms with E-state index in [2.05, 4.69) is 9.97 Å². The average Bonchev–Trinajstić information content (AvgIpc) is 2.43. The van der Waals surface area contributed by atoms with Gasteiger partial charge in [0.05, 0.1) is 11.0 Å². The molecule has 0 aliphatic rings. The molecule has 12 heavy (non-hydrogen) atoms. The second kappa shape index (κ2) is 2.24. The first kappa shape index (κ1) is 6.68. The summed E-state index contributed by atoms with van der Waals surface area (Å²) < 4.78 is 0. The number of hydrogen-bond donors (Lipinski definition) is 2. The number of nitriles is 1. The highest BCUT2D eigenvalue weighted by atomic mass is 16.3. The summed E-state index contributed by atoms with van der Waals surface area (Å²) >= 11 is 0. The van der Waals surface area contributed by atoms with E-state index in [4.69, 9.17) is 10.4 Å². The minimum Gasteiger partial charge on any atom is -0.495 e. The van der Waals surface area contributed by atoms with Crippen LogP contribution in [0.1, 0.15) is 5.69 Å². The fourth-order valence-corrected chi connectivity index (χ4v) is 1.06. The van der Waals surface area contributed by atoms with Crippen molar-refractivity contribution < 1.29 is 5.11 Å². The molecule has 0 radical (unpaired) electrons. The Morgan fingerprint density at radius 2 is 2.33 bits per heavy atom. The highest BCUT2D eigenvalue weighted by Crippen LogP contribution is 2.16. The van der Waals surface area contributed by atoms with Crippen molar-refractivity contribution in [1.82, 2.24) is 9.97 Å². The number of aromatic nitrogens is 2. The summed E-state index contributed by atoms with van der Waals surface area (Å²) in [5.41, 5.74) is 1.68. The number of fused-ring (bicyclic) bond motifs is 1. The molecule has 0 aliphatic carbocycles. The third kappa shape index (κ3) is 0.883. The Labute approximate surface area is 68.1 Å². The molecule has 0 fully saturated rings. The Morgan fingerprint density at radius 3 is 3.08 bits per heavy atom. The van der Waals surface area contributed by atoms with Gasteiger partial charge in [0, 0.05) is 6.07 Å². The van der Waals surface area contributed by atoms with Crippen LogP contribution in [0.5, 0.6) is 5.88 Å². The van der Waals surface area contributed by atoms with Gasteiger partial charge in [0.1, 0.15) is 11.8 Å². The summed E-state index contributed by atoms with van der Waals surface area (Å²) in [4.78, 5) is 6.66. The topological polar surface area (TPSA) is 72.7 Å². The minimum atomic E-state index is 0.0626. The number of H-pyrrole nitrogens is 1. The molecule has 0 spiro atoms. The molecule has 2 rings (SSSR count). The molecular weight excluding hydrogens is 154 g/mol. The van der Waals surface area contributed by atoms with Crippen LogP contribution in [0.4, 0.5) is 0 Å². The van der Waals surface area contributed by atoms with Crippen LogP contribution >= 0.6 is 0 Å². The number of hydrogen-bond acceptors (Lipinski definition) is 3. The lowest BCUT2D eigenvalue weighted by Crippen LogP contribution is -1.80. The molecule has 0 saturated carbocycles. The molecule has 4 nitrogen and oxygen atoms in total. The SMILES string of the molecule is N#Cc1ccc2[nH]c(O)cc2n1. The van der Waals surface area contributed by atoms with E-state index >= 15 is 0 Å². The van der Waals surface area contributed by atoms with Crippen molar-refractivity contribution in [2.24, 2.45) is 0 Å². The summed E-state index contributed by atoms with van der Waals surface area (Å²) in [6.45, 7) is 0. The van der Waals surface area contributed by atoms with Crippen LogP contribution in [-0.2, 0) is 0 Å². The maximum atomic E-state index is 9.04. The fraction of sp³-hybridized carbons (Fsp3) is 0. The summed E-state index contributed by atoms with van der Waals surface area (Å²) in [6.07, 6.45) is 0. The quantitative estimate of drug-likeness (QED) is 0.605. The van der Waals surface area contributed by atoms with E-state index in [9.17, 15) is 0 Å². The predicted octanol–water partition coefficient (Wildman–Crippen LogP) is 1.14. The average molecular weight is 159 g/mol. The monoisotopic (exact) mass is 159 g/mol. The molecule has 0 saturated heterocycles. The number of nitrogens with zero attached hydrogens (tertiary/aromatic N) is 2. The van der Waals surface area contributed by atoms with Gasteiger partial charge in [-0.15, -0.1) is 0 Å². The second-order valence-corrected chi connectivity index (χ2v) is 2.40. The van der Waals surface area contributed by atoms with Crippen molar-refractivity contribution in [2.45, 2.75) is 0 Å². The van der Waals surface area contributed by atoms with E-state index in [1.165, 1.54) is 6.07 Å². The van der Waals surface area contributed by atoms with Crippen molar-refractivity contribution in [3.8, 4) is 11.9 Å². The first-order chi connectivity index (χ1) is 5.79. The van der Waals surface area contributed by atoms with Crippen LogP contribution in [0.2, 0.25) is 0 Å². The number of aromatic hydroxyl groups is 1. The number of nitrogens with one attached hydrogen (secondary N) is 1. The van der Waals surface area contributed by atoms with Gasteiger partial charge in [-0.25, -0.2) is 4.98 Å². The van der Waals surface area contributed by atoms with Gasteiger partial charge in [-0.1, -0.05) is 0 Å². The van der Waals surface area contributed by atoms with E-state index in [1.807, 2.05) is 6.07 Å². The summed E-state index contributed by atoms with van der Waals surface area (Å²) in [7, 11) is 0. The Balaban J connectivity index is 2.77. The Bertz CT molecular complexity index is 467. The first-order valence-corrected chi connectivity index (χ1v) is 3.38. The van der Waals surface area contributed by atoms with Gasteiger partial charge in [0.2, 0.25) is 0 Å². The highest BCUT2D eigenvalue weighted by molar-refractivity contribution is 5.77. The molecule has 4 heteroatoms. The van der Waals surface area contributed by atoms with Crippen LogP contribution in [0.3, 0.4) is 0 Å². The van der Waals surface area contributed by atoms with Gasteiger partial charge in [-0.2, -0.15) is 5.26 Å². The summed E-state index contributed by atoms with van der Waals surface area (Å²) in [5, 5.41) is 17.6. The zero-order chi connectivity index (χ0) is 8.55. The van der Waals surface area contributed by atoms with Gasteiger partial charge in [-0.05, 0) is 12.1 Å². The summed E-state index contributed by atoms with van der Waals surface area (Å²) in [5.74, 6) is 0.0626. The van der Waals surface area contributed by atoms with Gasteiger partial charge in [0.25, 0.3) is 0 Å². The third-order valence-corrected chi connectivity index (χ3v) is 1.58. The van der Waals surface area contributed by atoms with Crippen molar-refractivity contribution >= 4 is 11.0 Å². The van der Waals surface area contributed by atoms with Gasteiger partial charge in [0.15, 0.2) is 5.88 Å². The molecule has 0 aromatic carbocycles. The lowest BCUT2D eigenvalue weighted by Gasteiger charge is -1.87. The molecule has 0 bridgehead atoms.